The van der Waals surface area contributed by atoms with Crippen LogP contribution in [0.25, 0.3) is 0 Å². The molecule has 0 radical (unpaired) electrons. The van der Waals surface area contributed by atoms with Crippen LogP contribution in [0.5, 0.6) is 0 Å². The van der Waals surface area contributed by atoms with Crippen LogP contribution in [-0.4, -0.2) is 29.4 Å². The van der Waals surface area contributed by atoms with E-state index in [0.717, 1.165) is 11.8 Å². The Kier molecular flexibility index (Phi) is 4.46. The molecule has 0 heterocycles. The lowest BCUT2D eigenvalue weighted by molar-refractivity contribution is -0.167. The molecular formula is C11H10F3NO3S. The normalized spacial score (nSPS) is 11.2. The lowest BCUT2D eigenvalue weighted by atomic mass is 10.1. The highest BCUT2D eigenvalue weighted by Crippen LogP contribution is 2.32. The molecule has 0 aliphatic carbocycles. The molecule has 0 aliphatic heterocycles. The van der Waals surface area contributed by atoms with Crippen molar-refractivity contribution in [3.05, 3.63) is 23.3 Å². The Hall–Kier alpha value is -1.70. The summed E-state index contributed by atoms with van der Waals surface area (Å²) in [6.07, 6.45) is -3.50. The van der Waals surface area contributed by atoms with Gasteiger partial charge < -0.3 is 10.4 Å². The van der Waals surface area contributed by atoms with Crippen molar-refractivity contribution in [1.82, 2.24) is 0 Å². The van der Waals surface area contributed by atoms with Gasteiger partial charge in [0.1, 0.15) is 0 Å². The standard InChI is InChI=1S/C11H10F3NO3S/c1-5-3-6(9(16)17)8(7(4-5)19-2)15-10(18)11(12,13)14/h3-4H,1-2H3,(H,15,18)(H,16,17). The van der Waals surface area contributed by atoms with E-state index in [1.807, 2.05) is 0 Å². The monoisotopic (exact) mass is 293 g/mol. The Bertz CT molecular complexity index is 529. The van der Waals surface area contributed by atoms with Crippen LogP contribution in [0.2, 0.25) is 0 Å². The first-order valence-corrected chi connectivity index (χ1v) is 6.19. The van der Waals surface area contributed by atoms with E-state index in [9.17, 15) is 22.8 Å². The summed E-state index contributed by atoms with van der Waals surface area (Å²) < 4.78 is 36.6. The van der Waals surface area contributed by atoms with Crippen molar-refractivity contribution in [3.63, 3.8) is 0 Å². The molecule has 1 aromatic carbocycles. The maximum absolute atomic E-state index is 12.2. The molecule has 1 rings (SSSR count). The number of amides is 1. The molecule has 104 valence electrons. The molecule has 0 bridgehead atoms. The van der Waals surface area contributed by atoms with Gasteiger partial charge in [-0.05, 0) is 30.9 Å². The number of aromatic carboxylic acids is 1. The lowest BCUT2D eigenvalue weighted by Crippen LogP contribution is -2.31. The van der Waals surface area contributed by atoms with Crippen molar-refractivity contribution >= 4 is 29.3 Å². The zero-order valence-corrected chi connectivity index (χ0v) is 10.8. The molecular weight excluding hydrogens is 283 g/mol. The number of carboxylic acid groups (broad SMARTS) is 1. The quantitative estimate of drug-likeness (QED) is 0.841. The van der Waals surface area contributed by atoms with E-state index in [4.69, 9.17) is 5.11 Å². The molecule has 2 N–H and O–H groups in total. The fourth-order valence-electron chi connectivity index (χ4n) is 1.40. The fourth-order valence-corrected chi connectivity index (χ4v) is 2.07. The fraction of sp³-hybridized carbons (Fsp3) is 0.273. The number of halogens is 3. The number of thioether (sulfide) groups is 1. The highest BCUT2D eigenvalue weighted by Gasteiger charge is 2.39. The summed E-state index contributed by atoms with van der Waals surface area (Å²) in [6, 6.07) is 2.71. The molecule has 4 nitrogen and oxygen atoms in total. The number of alkyl halides is 3. The minimum absolute atomic E-state index is 0.259. The number of anilines is 1. The van der Waals surface area contributed by atoms with Crippen LogP contribution in [0, 0.1) is 6.92 Å². The minimum atomic E-state index is -5.07. The third-order valence-corrected chi connectivity index (χ3v) is 2.95. The maximum atomic E-state index is 12.2. The van der Waals surface area contributed by atoms with Gasteiger partial charge in [0.05, 0.1) is 11.3 Å². The Labute approximate surface area is 111 Å². The van der Waals surface area contributed by atoms with E-state index >= 15 is 0 Å². The van der Waals surface area contributed by atoms with Gasteiger partial charge in [-0.25, -0.2) is 4.79 Å². The van der Waals surface area contributed by atoms with E-state index in [1.54, 1.807) is 18.5 Å². The molecule has 0 saturated heterocycles. The van der Waals surface area contributed by atoms with Crippen LogP contribution in [0.3, 0.4) is 0 Å². The van der Waals surface area contributed by atoms with Crippen LogP contribution >= 0.6 is 11.8 Å². The summed E-state index contributed by atoms with van der Waals surface area (Å²) in [4.78, 5) is 22.2. The maximum Gasteiger partial charge on any atom is 0.471 e. The van der Waals surface area contributed by atoms with Crippen molar-refractivity contribution < 1.29 is 27.9 Å². The largest absolute Gasteiger partial charge is 0.478 e. The summed E-state index contributed by atoms with van der Waals surface area (Å²) >= 11 is 1.05. The second kappa shape index (κ2) is 5.52. The van der Waals surface area contributed by atoms with E-state index in [1.165, 1.54) is 12.1 Å². The predicted molar refractivity (Wildman–Crippen MR) is 64.6 cm³/mol. The predicted octanol–water partition coefficient (Wildman–Crippen LogP) is 2.92. The molecule has 0 unspecified atom stereocenters. The molecule has 1 amide bonds. The van der Waals surface area contributed by atoms with Crippen molar-refractivity contribution in [2.24, 2.45) is 0 Å². The highest BCUT2D eigenvalue weighted by atomic mass is 32.2. The van der Waals surface area contributed by atoms with Gasteiger partial charge in [-0.3, -0.25) is 4.79 Å². The molecule has 0 spiro atoms. The number of hydrogen-bond donors (Lipinski definition) is 2. The first-order valence-electron chi connectivity index (χ1n) is 4.97. The van der Waals surface area contributed by atoms with Crippen LogP contribution in [-0.2, 0) is 4.79 Å². The average molecular weight is 293 g/mol. The van der Waals surface area contributed by atoms with Crippen LogP contribution in [0.1, 0.15) is 15.9 Å². The number of carboxylic acids is 1. The van der Waals surface area contributed by atoms with Crippen molar-refractivity contribution in [1.29, 1.82) is 0 Å². The molecule has 0 fully saturated rings. The first-order chi connectivity index (χ1) is 8.66. The molecule has 1 aromatic rings. The number of nitrogens with one attached hydrogen (secondary N) is 1. The molecule has 0 aromatic heterocycles. The molecule has 19 heavy (non-hydrogen) atoms. The Morgan fingerprint density at radius 2 is 1.89 bits per heavy atom. The highest BCUT2D eigenvalue weighted by molar-refractivity contribution is 7.98. The summed E-state index contributed by atoms with van der Waals surface area (Å²) in [5, 5.41) is 10.6. The zero-order valence-electron chi connectivity index (χ0n) is 9.96. The summed E-state index contributed by atoms with van der Waals surface area (Å²) in [7, 11) is 0. The topological polar surface area (TPSA) is 66.4 Å². The zero-order chi connectivity index (χ0) is 14.8. The van der Waals surface area contributed by atoms with Gasteiger partial charge in [-0.15, -0.1) is 11.8 Å². The van der Waals surface area contributed by atoms with Gasteiger partial charge in [-0.2, -0.15) is 13.2 Å². The van der Waals surface area contributed by atoms with Gasteiger partial charge in [0.25, 0.3) is 0 Å². The summed E-state index contributed by atoms with van der Waals surface area (Å²) in [5.74, 6) is -3.61. The Balaban J connectivity index is 3.32. The number of aryl methyl sites for hydroxylation is 1. The number of benzene rings is 1. The van der Waals surface area contributed by atoms with E-state index in [0.29, 0.717) is 5.56 Å². The van der Waals surface area contributed by atoms with Gasteiger partial charge in [0.2, 0.25) is 0 Å². The van der Waals surface area contributed by atoms with Crippen LogP contribution < -0.4 is 5.32 Å². The van der Waals surface area contributed by atoms with E-state index in [2.05, 4.69) is 0 Å². The van der Waals surface area contributed by atoms with Crippen LogP contribution in [0.4, 0.5) is 18.9 Å². The number of hydrogen-bond acceptors (Lipinski definition) is 3. The number of carbonyl (C=O) groups is 2. The average Bonchev–Trinajstić information content (AvgIpc) is 2.28. The molecule has 0 aliphatic rings. The Morgan fingerprint density at radius 3 is 2.32 bits per heavy atom. The van der Waals surface area contributed by atoms with Crippen molar-refractivity contribution in [3.8, 4) is 0 Å². The SMILES string of the molecule is CSc1cc(C)cc(C(=O)O)c1NC(=O)C(F)(F)F. The number of carbonyl (C=O) groups excluding carboxylic acids is 1. The second-order valence-electron chi connectivity index (χ2n) is 3.65. The van der Waals surface area contributed by atoms with Crippen molar-refractivity contribution in [2.75, 3.05) is 11.6 Å². The molecule has 8 heteroatoms. The minimum Gasteiger partial charge on any atom is -0.478 e. The third-order valence-electron chi connectivity index (χ3n) is 2.19. The third kappa shape index (κ3) is 3.63. The lowest BCUT2D eigenvalue weighted by Gasteiger charge is -2.14. The van der Waals surface area contributed by atoms with Gasteiger partial charge in [-0.1, -0.05) is 0 Å². The smallest absolute Gasteiger partial charge is 0.471 e. The van der Waals surface area contributed by atoms with E-state index < -0.39 is 18.1 Å². The van der Waals surface area contributed by atoms with Gasteiger partial charge in [0, 0.05) is 4.90 Å². The number of rotatable bonds is 3. The summed E-state index contributed by atoms with van der Waals surface area (Å²) in [6.45, 7) is 1.61. The molecule has 0 atom stereocenters. The van der Waals surface area contributed by atoms with E-state index in [-0.39, 0.29) is 16.1 Å². The van der Waals surface area contributed by atoms with Crippen molar-refractivity contribution in [2.45, 2.75) is 18.0 Å². The van der Waals surface area contributed by atoms with Gasteiger partial charge in [0.15, 0.2) is 0 Å². The first kappa shape index (κ1) is 15.4. The van der Waals surface area contributed by atoms with Gasteiger partial charge >= 0.3 is 18.1 Å². The van der Waals surface area contributed by atoms with Crippen LogP contribution in [0.15, 0.2) is 17.0 Å². The second-order valence-corrected chi connectivity index (χ2v) is 4.49. The Morgan fingerprint density at radius 1 is 1.32 bits per heavy atom. The summed E-state index contributed by atoms with van der Waals surface area (Å²) in [5.41, 5.74) is -0.137. The molecule has 0 saturated carbocycles.